The number of hydrogen-bond donors (Lipinski definition) is 5. The summed E-state index contributed by atoms with van der Waals surface area (Å²) in [5.74, 6) is 0.00392. The molecule has 0 radical (unpaired) electrons. The van der Waals surface area contributed by atoms with Gasteiger partial charge >= 0.3 is 29.6 Å². The SMILES string of the molecule is CC(=O)NC1C(O)CC(OCCCOCOC2CC[C@@]3(C)C(=CCC4[C@@H]5CC[C@H]([C@@H](C)CCCC(C)C)[C@@]5(C)CC[C@@H]43)C2)(C(=O)[O-])OC1[C@@H](O)[C@H](O)CO.[Na+]. The number of carbonyl (C=O) groups excluding carboxylic acids is 2. The first-order chi connectivity index (χ1) is 25.6. The number of amides is 1. The molecule has 5 N–H and O–H groups in total. The molecule has 0 spiro atoms. The number of carboxylic acid groups (broad SMARTS) is 1. The van der Waals surface area contributed by atoms with Crippen molar-refractivity contribution < 1.29 is 83.6 Å². The Morgan fingerprint density at radius 2 is 1.78 bits per heavy atom. The Balaban J connectivity index is 0.00000673. The van der Waals surface area contributed by atoms with Crippen LogP contribution in [0.5, 0.6) is 0 Å². The molecular formula is C42H70NNaO11. The molecule has 0 aromatic heterocycles. The number of nitrogens with one attached hydrogen (secondary N) is 1. The van der Waals surface area contributed by atoms with Crippen molar-refractivity contribution in [2.75, 3.05) is 26.6 Å². The molecule has 4 fully saturated rings. The van der Waals surface area contributed by atoms with Crippen molar-refractivity contribution in [3.05, 3.63) is 11.6 Å². The molecule has 1 amide bonds. The molecule has 0 aromatic carbocycles. The minimum Gasteiger partial charge on any atom is -0.544 e. The topological polar surface area (TPSA) is 187 Å². The third kappa shape index (κ3) is 10.4. The molecule has 6 unspecified atom stereocenters. The van der Waals surface area contributed by atoms with Gasteiger partial charge in [0.25, 0.3) is 0 Å². The minimum absolute atomic E-state index is 0. The van der Waals surface area contributed by atoms with E-state index in [4.69, 9.17) is 18.9 Å². The number of aliphatic hydroxyl groups is 4. The molecule has 14 atom stereocenters. The van der Waals surface area contributed by atoms with Gasteiger partial charge in [-0.3, -0.25) is 4.79 Å². The van der Waals surface area contributed by atoms with E-state index < -0.39 is 61.1 Å². The molecule has 13 heteroatoms. The summed E-state index contributed by atoms with van der Waals surface area (Å²) in [6, 6.07) is -1.27. The van der Waals surface area contributed by atoms with Crippen molar-refractivity contribution in [2.24, 2.45) is 46.3 Å². The van der Waals surface area contributed by atoms with E-state index in [1.807, 2.05) is 0 Å². The van der Waals surface area contributed by atoms with Gasteiger partial charge in [-0.2, -0.15) is 0 Å². The van der Waals surface area contributed by atoms with Crippen LogP contribution in [0.15, 0.2) is 11.6 Å². The molecular weight excluding hydrogens is 717 g/mol. The molecule has 310 valence electrons. The predicted molar refractivity (Wildman–Crippen MR) is 199 cm³/mol. The summed E-state index contributed by atoms with van der Waals surface area (Å²) in [7, 11) is 0. The van der Waals surface area contributed by atoms with Gasteiger partial charge in [0.05, 0.1) is 38.1 Å². The fraction of sp³-hybridized carbons (Fsp3) is 0.905. The summed E-state index contributed by atoms with van der Waals surface area (Å²) in [4.78, 5) is 24.0. The van der Waals surface area contributed by atoms with Gasteiger partial charge in [0.2, 0.25) is 11.7 Å². The second kappa shape index (κ2) is 20.1. The number of ether oxygens (including phenoxy) is 4. The number of hydrogen-bond acceptors (Lipinski definition) is 11. The average Bonchev–Trinajstić information content (AvgIpc) is 3.48. The van der Waals surface area contributed by atoms with Crippen LogP contribution in [-0.2, 0) is 28.5 Å². The van der Waals surface area contributed by atoms with Crippen LogP contribution >= 0.6 is 0 Å². The van der Waals surface area contributed by atoms with Gasteiger partial charge in [0.15, 0.2) is 0 Å². The number of carboxylic acids is 1. The van der Waals surface area contributed by atoms with Crippen LogP contribution in [0.2, 0.25) is 0 Å². The molecule has 0 bridgehead atoms. The van der Waals surface area contributed by atoms with Crippen molar-refractivity contribution >= 4 is 11.9 Å². The number of aliphatic hydroxyl groups excluding tert-OH is 4. The Bertz CT molecular complexity index is 1300. The molecule has 12 nitrogen and oxygen atoms in total. The van der Waals surface area contributed by atoms with E-state index in [2.05, 4.69) is 46.0 Å². The summed E-state index contributed by atoms with van der Waals surface area (Å²) >= 11 is 0. The standard InChI is InChI=1S/C42H71NO11.Na/c1-25(2)9-7-10-26(3)31-13-14-32-30-12-11-28-21-29(15-17-40(28,5)33(30)16-18-41(31,32)6)52-24-51-19-8-20-53-42(39(49)50)22-34(46)36(43-27(4)45)38(54-42)37(48)35(47)23-44;/h11,25-26,29-38,44,46-48H,7-10,12-24H2,1-6H3,(H,43,45)(H,49,50);/q;+1/p-1/t26-,29?,30?,31+,32-,33-,34?,35+,36?,37-,38?,40-,41+,42?;/m0./s1. The summed E-state index contributed by atoms with van der Waals surface area (Å²) in [5, 5.41) is 55.3. The molecule has 0 aromatic rings. The van der Waals surface area contributed by atoms with Gasteiger partial charge < -0.3 is 54.6 Å². The first-order valence-electron chi connectivity index (χ1n) is 20.9. The smallest absolute Gasteiger partial charge is 0.544 e. The first-order valence-corrected chi connectivity index (χ1v) is 20.9. The zero-order valence-electron chi connectivity index (χ0n) is 34.7. The van der Waals surface area contributed by atoms with Gasteiger partial charge in [0, 0.05) is 13.3 Å². The zero-order valence-corrected chi connectivity index (χ0v) is 36.7. The molecule has 55 heavy (non-hydrogen) atoms. The van der Waals surface area contributed by atoms with Crippen LogP contribution in [0.3, 0.4) is 0 Å². The monoisotopic (exact) mass is 787 g/mol. The van der Waals surface area contributed by atoms with Crippen LogP contribution < -0.4 is 40.0 Å². The van der Waals surface area contributed by atoms with Gasteiger partial charge in [-0.05, 0) is 104 Å². The fourth-order valence-electron chi connectivity index (χ4n) is 11.7. The van der Waals surface area contributed by atoms with E-state index in [1.54, 1.807) is 5.57 Å². The Kier molecular flexibility index (Phi) is 17.2. The van der Waals surface area contributed by atoms with Crippen molar-refractivity contribution in [3.63, 3.8) is 0 Å². The van der Waals surface area contributed by atoms with Crippen LogP contribution in [-0.4, -0.2) is 101 Å². The maximum absolute atomic E-state index is 12.2. The minimum atomic E-state index is -2.46. The normalized spacial score (nSPS) is 38.8. The van der Waals surface area contributed by atoms with Crippen molar-refractivity contribution in [1.29, 1.82) is 0 Å². The molecule has 3 saturated carbocycles. The Hall–Kier alpha value is -0.640. The molecule has 4 aliphatic carbocycles. The largest absolute Gasteiger partial charge is 1.00 e. The second-order valence-electron chi connectivity index (χ2n) is 18.4. The van der Waals surface area contributed by atoms with Gasteiger partial charge in [-0.1, -0.05) is 65.5 Å². The predicted octanol–water partition coefficient (Wildman–Crippen LogP) is 0.613. The number of rotatable bonds is 18. The molecule has 5 rings (SSSR count). The first kappa shape index (κ1) is 47.0. The van der Waals surface area contributed by atoms with Gasteiger partial charge in [-0.15, -0.1) is 0 Å². The third-order valence-corrected chi connectivity index (χ3v) is 14.6. The molecule has 1 heterocycles. The van der Waals surface area contributed by atoms with E-state index in [1.165, 1.54) is 58.3 Å². The van der Waals surface area contributed by atoms with E-state index in [9.17, 15) is 35.1 Å². The number of allylic oxidation sites excluding steroid dienone is 1. The number of aliphatic carboxylic acids is 1. The number of carbonyl (C=O) groups is 2. The maximum Gasteiger partial charge on any atom is 1.00 e. The van der Waals surface area contributed by atoms with Gasteiger partial charge in [0.1, 0.15) is 31.1 Å². The van der Waals surface area contributed by atoms with E-state index in [-0.39, 0.29) is 67.5 Å². The average molecular weight is 788 g/mol. The van der Waals surface area contributed by atoms with Crippen molar-refractivity contribution in [1.82, 2.24) is 5.32 Å². The van der Waals surface area contributed by atoms with Crippen LogP contribution in [0, 0.1) is 46.3 Å². The third-order valence-electron chi connectivity index (χ3n) is 14.6. The van der Waals surface area contributed by atoms with Crippen LogP contribution in [0.4, 0.5) is 0 Å². The fourth-order valence-corrected chi connectivity index (χ4v) is 11.7. The zero-order chi connectivity index (χ0) is 39.4. The Labute approximate surface area is 351 Å². The molecule has 1 aliphatic heterocycles. The van der Waals surface area contributed by atoms with Gasteiger partial charge in [-0.25, -0.2) is 0 Å². The number of fused-ring (bicyclic) bond motifs is 5. The van der Waals surface area contributed by atoms with Crippen molar-refractivity contribution in [2.45, 2.75) is 167 Å². The molecule has 1 saturated heterocycles. The van der Waals surface area contributed by atoms with E-state index in [0.29, 0.717) is 5.41 Å². The summed E-state index contributed by atoms with van der Waals surface area (Å²) in [5.41, 5.74) is 2.27. The molecule has 5 aliphatic rings. The second-order valence-corrected chi connectivity index (χ2v) is 18.4. The van der Waals surface area contributed by atoms with Crippen molar-refractivity contribution in [3.8, 4) is 0 Å². The summed E-state index contributed by atoms with van der Waals surface area (Å²) in [6.07, 6.45) is 9.43. The quantitative estimate of drug-likeness (QED) is 0.0568. The summed E-state index contributed by atoms with van der Waals surface area (Å²) < 4.78 is 23.1. The van der Waals surface area contributed by atoms with Crippen LogP contribution in [0.1, 0.15) is 125 Å². The Morgan fingerprint density at radius 1 is 1.04 bits per heavy atom. The Morgan fingerprint density at radius 3 is 2.45 bits per heavy atom. The van der Waals surface area contributed by atoms with E-state index >= 15 is 0 Å². The summed E-state index contributed by atoms with van der Waals surface area (Å²) in [6.45, 7) is 12.9. The van der Waals surface area contributed by atoms with Crippen LogP contribution in [0.25, 0.3) is 0 Å². The van der Waals surface area contributed by atoms with E-state index in [0.717, 1.165) is 54.8 Å². The maximum atomic E-state index is 12.2.